The topological polar surface area (TPSA) is 64.4 Å². The van der Waals surface area contributed by atoms with Crippen molar-refractivity contribution >= 4 is 5.91 Å². The molecule has 1 aliphatic rings. The first-order valence-electron chi connectivity index (χ1n) is 5.07. The number of aryl methyl sites for hydroxylation is 1. The fraction of sp³-hybridized carbons (Fsp3) is 0.600. The lowest BCUT2D eigenvalue weighted by molar-refractivity contribution is 0.0853. The fourth-order valence-electron chi connectivity index (χ4n) is 1.57. The fourth-order valence-corrected chi connectivity index (χ4v) is 1.57. The third-order valence-electron chi connectivity index (χ3n) is 2.37. The smallest absolute Gasteiger partial charge is 0.273 e. The molecule has 0 aromatic carbocycles. The molecule has 1 saturated heterocycles. The Kier molecular flexibility index (Phi) is 3.01. The summed E-state index contributed by atoms with van der Waals surface area (Å²) >= 11 is 0. The monoisotopic (exact) mass is 210 g/mol. The van der Waals surface area contributed by atoms with Crippen LogP contribution in [0.25, 0.3) is 0 Å². The van der Waals surface area contributed by atoms with Crippen LogP contribution in [-0.2, 0) is 4.74 Å². The first-order chi connectivity index (χ1) is 7.25. The summed E-state index contributed by atoms with van der Waals surface area (Å²) in [4.78, 5) is 15.5. The van der Waals surface area contributed by atoms with Gasteiger partial charge in [0.2, 0.25) is 0 Å². The van der Waals surface area contributed by atoms with Crippen molar-refractivity contribution in [3.63, 3.8) is 0 Å². The van der Waals surface area contributed by atoms with Gasteiger partial charge in [0.05, 0.1) is 6.10 Å². The second-order valence-corrected chi connectivity index (χ2v) is 3.60. The van der Waals surface area contributed by atoms with Crippen LogP contribution in [0.5, 0.6) is 0 Å². The molecule has 15 heavy (non-hydrogen) atoms. The average Bonchev–Trinajstić information content (AvgIpc) is 2.84. The Balaban J connectivity index is 1.81. The Morgan fingerprint density at radius 2 is 2.60 bits per heavy atom. The summed E-state index contributed by atoms with van der Waals surface area (Å²) in [5.41, 5.74) is 0.325. The van der Waals surface area contributed by atoms with E-state index in [1.165, 1.54) is 6.26 Å². The summed E-state index contributed by atoms with van der Waals surface area (Å²) in [5, 5.41) is 2.77. The minimum Gasteiger partial charge on any atom is -0.448 e. The third kappa shape index (κ3) is 2.56. The molecular weight excluding hydrogens is 196 g/mol. The third-order valence-corrected chi connectivity index (χ3v) is 2.37. The van der Waals surface area contributed by atoms with E-state index in [9.17, 15) is 4.79 Å². The molecule has 0 spiro atoms. The zero-order valence-corrected chi connectivity index (χ0v) is 8.66. The Morgan fingerprint density at radius 3 is 3.20 bits per heavy atom. The van der Waals surface area contributed by atoms with Gasteiger partial charge in [0.1, 0.15) is 6.26 Å². The minimum atomic E-state index is -0.206. The molecule has 1 fully saturated rings. The van der Waals surface area contributed by atoms with Crippen LogP contribution in [0, 0.1) is 6.92 Å². The molecule has 5 heteroatoms. The first kappa shape index (κ1) is 10.2. The first-order valence-corrected chi connectivity index (χ1v) is 5.07. The maximum Gasteiger partial charge on any atom is 0.273 e. The van der Waals surface area contributed by atoms with E-state index in [1.807, 2.05) is 0 Å². The summed E-state index contributed by atoms with van der Waals surface area (Å²) in [6, 6.07) is 0. The molecule has 1 amide bonds. The maximum atomic E-state index is 11.5. The van der Waals surface area contributed by atoms with Gasteiger partial charge in [-0.05, 0) is 12.8 Å². The van der Waals surface area contributed by atoms with Crippen LogP contribution < -0.4 is 5.32 Å². The van der Waals surface area contributed by atoms with Gasteiger partial charge in [-0.1, -0.05) is 0 Å². The summed E-state index contributed by atoms with van der Waals surface area (Å²) in [6.07, 6.45) is 3.60. The second kappa shape index (κ2) is 4.44. The van der Waals surface area contributed by atoms with Crippen LogP contribution in [-0.4, -0.2) is 30.1 Å². The molecule has 0 bridgehead atoms. The Labute approximate surface area is 87.8 Å². The van der Waals surface area contributed by atoms with E-state index in [0.29, 0.717) is 18.1 Å². The van der Waals surface area contributed by atoms with Crippen molar-refractivity contribution < 1.29 is 13.9 Å². The molecular formula is C10H14N2O3. The van der Waals surface area contributed by atoms with Gasteiger partial charge in [-0.25, -0.2) is 4.98 Å². The Hall–Kier alpha value is -1.36. The van der Waals surface area contributed by atoms with Crippen molar-refractivity contribution in [1.82, 2.24) is 10.3 Å². The molecule has 0 saturated carbocycles. The van der Waals surface area contributed by atoms with Gasteiger partial charge < -0.3 is 14.5 Å². The van der Waals surface area contributed by atoms with E-state index in [1.54, 1.807) is 6.92 Å². The van der Waals surface area contributed by atoms with Crippen LogP contribution in [0.15, 0.2) is 10.7 Å². The number of hydrogen-bond acceptors (Lipinski definition) is 4. The molecule has 1 aromatic rings. The van der Waals surface area contributed by atoms with Crippen molar-refractivity contribution in [2.45, 2.75) is 25.9 Å². The molecule has 0 unspecified atom stereocenters. The predicted octanol–water partition coefficient (Wildman–Crippen LogP) is 0.892. The van der Waals surface area contributed by atoms with Gasteiger partial charge >= 0.3 is 0 Å². The van der Waals surface area contributed by atoms with Crippen LogP contribution in [0.1, 0.15) is 29.2 Å². The zero-order valence-electron chi connectivity index (χ0n) is 8.66. The molecule has 1 aliphatic heterocycles. The lowest BCUT2D eigenvalue weighted by Crippen LogP contribution is -2.31. The molecule has 0 radical (unpaired) electrons. The van der Waals surface area contributed by atoms with E-state index >= 15 is 0 Å². The van der Waals surface area contributed by atoms with E-state index in [4.69, 9.17) is 9.15 Å². The highest BCUT2D eigenvalue weighted by Crippen LogP contribution is 2.10. The van der Waals surface area contributed by atoms with Crippen LogP contribution >= 0.6 is 0 Å². The quantitative estimate of drug-likeness (QED) is 0.804. The highest BCUT2D eigenvalue weighted by molar-refractivity contribution is 5.91. The molecule has 2 heterocycles. The van der Waals surface area contributed by atoms with Crippen molar-refractivity contribution in [1.29, 1.82) is 0 Å². The highest BCUT2D eigenvalue weighted by atomic mass is 16.5. The highest BCUT2D eigenvalue weighted by Gasteiger charge is 2.17. The lowest BCUT2D eigenvalue weighted by Gasteiger charge is -2.09. The average molecular weight is 210 g/mol. The molecule has 1 aromatic heterocycles. The van der Waals surface area contributed by atoms with Crippen LogP contribution in [0.4, 0.5) is 0 Å². The van der Waals surface area contributed by atoms with Crippen LogP contribution in [0.3, 0.4) is 0 Å². The number of nitrogens with zero attached hydrogens (tertiary/aromatic N) is 1. The van der Waals surface area contributed by atoms with Gasteiger partial charge in [0, 0.05) is 20.1 Å². The summed E-state index contributed by atoms with van der Waals surface area (Å²) < 4.78 is 10.3. The van der Waals surface area contributed by atoms with Crippen molar-refractivity contribution in [3.05, 3.63) is 17.8 Å². The zero-order chi connectivity index (χ0) is 10.7. The second-order valence-electron chi connectivity index (χ2n) is 3.60. The normalized spacial score (nSPS) is 20.5. The standard InChI is InChI=1S/C10H14N2O3/c1-7-12-9(6-15-7)10(13)11-5-8-3-2-4-14-8/h6,8H,2-5H2,1H3,(H,11,13)/t8-/m0/s1. The molecule has 1 atom stereocenters. The number of aromatic nitrogens is 1. The molecule has 0 aliphatic carbocycles. The Bertz CT molecular complexity index is 342. The van der Waals surface area contributed by atoms with Gasteiger partial charge in [0.25, 0.3) is 5.91 Å². The van der Waals surface area contributed by atoms with E-state index in [2.05, 4.69) is 10.3 Å². The summed E-state index contributed by atoms with van der Waals surface area (Å²) in [5.74, 6) is 0.291. The summed E-state index contributed by atoms with van der Waals surface area (Å²) in [7, 11) is 0. The number of oxazole rings is 1. The maximum absolute atomic E-state index is 11.5. The number of carbonyl (C=O) groups is 1. The van der Waals surface area contributed by atoms with E-state index in [-0.39, 0.29) is 12.0 Å². The number of nitrogens with one attached hydrogen (secondary N) is 1. The number of rotatable bonds is 3. The van der Waals surface area contributed by atoms with Gasteiger partial charge in [-0.15, -0.1) is 0 Å². The van der Waals surface area contributed by atoms with E-state index in [0.717, 1.165) is 19.4 Å². The lowest BCUT2D eigenvalue weighted by atomic mass is 10.2. The van der Waals surface area contributed by atoms with Crippen molar-refractivity contribution in [2.24, 2.45) is 0 Å². The van der Waals surface area contributed by atoms with Crippen molar-refractivity contribution in [2.75, 3.05) is 13.2 Å². The molecule has 5 nitrogen and oxygen atoms in total. The van der Waals surface area contributed by atoms with Crippen LogP contribution in [0.2, 0.25) is 0 Å². The molecule has 2 rings (SSSR count). The van der Waals surface area contributed by atoms with E-state index < -0.39 is 0 Å². The predicted molar refractivity (Wildman–Crippen MR) is 52.5 cm³/mol. The Morgan fingerprint density at radius 1 is 1.73 bits per heavy atom. The van der Waals surface area contributed by atoms with Gasteiger partial charge in [0.15, 0.2) is 11.6 Å². The minimum absolute atomic E-state index is 0.155. The number of hydrogen-bond donors (Lipinski definition) is 1. The molecule has 1 N–H and O–H groups in total. The largest absolute Gasteiger partial charge is 0.448 e. The summed E-state index contributed by atoms with van der Waals surface area (Å²) in [6.45, 7) is 3.05. The number of carbonyl (C=O) groups excluding carboxylic acids is 1. The number of amides is 1. The van der Waals surface area contributed by atoms with Gasteiger partial charge in [-0.3, -0.25) is 4.79 Å². The molecule has 82 valence electrons. The van der Waals surface area contributed by atoms with Crippen molar-refractivity contribution in [3.8, 4) is 0 Å². The number of ether oxygens (including phenoxy) is 1. The van der Waals surface area contributed by atoms with Gasteiger partial charge in [-0.2, -0.15) is 0 Å². The SMILES string of the molecule is Cc1nc(C(=O)NC[C@@H]2CCCO2)co1.